The Morgan fingerprint density at radius 3 is 2.25 bits per heavy atom. The smallest absolute Gasteiger partial charge is 0.434 e. The number of nitrogens with one attached hydrogen (secondary N) is 2. The minimum Gasteiger partial charge on any atom is -0.434 e. The molecule has 3 aromatic rings. The SMILES string of the molecule is CCOC(=O)Oc1ccc(C(=O)Nc2ccccc2CNC(=O)c2ccccc2C)cc1. The minimum atomic E-state index is -0.800. The quantitative estimate of drug-likeness (QED) is 0.416. The molecule has 32 heavy (non-hydrogen) atoms. The molecule has 0 aliphatic heterocycles. The van der Waals surface area contributed by atoms with Gasteiger partial charge >= 0.3 is 6.16 Å². The van der Waals surface area contributed by atoms with Crippen molar-refractivity contribution in [2.24, 2.45) is 0 Å². The molecule has 3 aromatic carbocycles. The van der Waals surface area contributed by atoms with E-state index in [9.17, 15) is 14.4 Å². The van der Waals surface area contributed by atoms with Crippen molar-refractivity contribution in [3.63, 3.8) is 0 Å². The molecule has 0 unspecified atom stereocenters. The Hall–Kier alpha value is -4.13. The molecule has 0 saturated carbocycles. The van der Waals surface area contributed by atoms with Crippen LogP contribution in [0, 0.1) is 6.92 Å². The highest BCUT2D eigenvalue weighted by molar-refractivity contribution is 6.04. The summed E-state index contributed by atoms with van der Waals surface area (Å²) in [5.74, 6) is -0.230. The first-order chi connectivity index (χ1) is 15.5. The monoisotopic (exact) mass is 432 g/mol. The van der Waals surface area contributed by atoms with Gasteiger partial charge in [0.2, 0.25) is 0 Å². The Labute approximate surface area is 186 Å². The summed E-state index contributed by atoms with van der Waals surface area (Å²) in [6, 6.07) is 20.7. The zero-order chi connectivity index (χ0) is 22.9. The molecule has 164 valence electrons. The number of hydrogen-bond acceptors (Lipinski definition) is 5. The molecular formula is C25H24N2O5. The van der Waals surface area contributed by atoms with Crippen molar-refractivity contribution in [1.82, 2.24) is 5.32 Å². The van der Waals surface area contributed by atoms with Gasteiger partial charge in [-0.3, -0.25) is 9.59 Å². The van der Waals surface area contributed by atoms with Crippen LogP contribution in [0.4, 0.5) is 10.5 Å². The van der Waals surface area contributed by atoms with E-state index in [1.807, 2.05) is 37.3 Å². The minimum absolute atomic E-state index is 0.179. The zero-order valence-electron chi connectivity index (χ0n) is 17.9. The highest BCUT2D eigenvalue weighted by Crippen LogP contribution is 2.18. The molecule has 7 heteroatoms. The van der Waals surface area contributed by atoms with Crippen LogP contribution in [0.2, 0.25) is 0 Å². The number of benzene rings is 3. The average molecular weight is 432 g/mol. The van der Waals surface area contributed by atoms with Crippen molar-refractivity contribution in [2.45, 2.75) is 20.4 Å². The number of ether oxygens (including phenoxy) is 2. The lowest BCUT2D eigenvalue weighted by molar-refractivity contribution is 0.0949. The van der Waals surface area contributed by atoms with E-state index in [0.717, 1.165) is 11.1 Å². The Morgan fingerprint density at radius 2 is 1.53 bits per heavy atom. The fraction of sp³-hybridized carbons (Fsp3) is 0.160. The number of anilines is 1. The van der Waals surface area contributed by atoms with Crippen LogP contribution in [0.25, 0.3) is 0 Å². The van der Waals surface area contributed by atoms with Crippen LogP contribution in [0.15, 0.2) is 72.8 Å². The summed E-state index contributed by atoms with van der Waals surface area (Å²) in [7, 11) is 0. The lowest BCUT2D eigenvalue weighted by atomic mass is 10.1. The van der Waals surface area contributed by atoms with Gasteiger partial charge in [-0.15, -0.1) is 0 Å². The largest absolute Gasteiger partial charge is 0.513 e. The Kier molecular flexibility index (Phi) is 7.59. The Bertz CT molecular complexity index is 1110. The summed E-state index contributed by atoms with van der Waals surface area (Å²) in [6.07, 6.45) is -0.800. The average Bonchev–Trinajstić information content (AvgIpc) is 2.79. The molecule has 0 aliphatic rings. The first-order valence-electron chi connectivity index (χ1n) is 10.2. The van der Waals surface area contributed by atoms with Gasteiger partial charge < -0.3 is 20.1 Å². The van der Waals surface area contributed by atoms with Crippen molar-refractivity contribution in [3.05, 3.63) is 95.1 Å². The van der Waals surface area contributed by atoms with E-state index in [1.165, 1.54) is 12.1 Å². The number of carbonyl (C=O) groups excluding carboxylic acids is 3. The van der Waals surface area contributed by atoms with Gasteiger partial charge in [0.1, 0.15) is 5.75 Å². The fourth-order valence-electron chi connectivity index (χ4n) is 3.01. The van der Waals surface area contributed by atoms with E-state index in [2.05, 4.69) is 10.6 Å². The lowest BCUT2D eigenvalue weighted by Crippen LogP contribution is -2.24. The van der Waals surface area contributed by atoms with E-state index < -0.39 is 6.16 Å². The summed E-state index contributed by atoms with van der Waals surface area (Å²) in [4.78, 5) is 36.6. The van der Waals surface area contributed by atoms with Gasteiger partial charge in [-0.05, 0) is 61.4 Å². The third-order valence-electron chi connectivity index (χ3n) is 4.67. The number of para-hydroxylation sites is 1. The number of hydrogen-bond donors (Lipinski definition) is 2. The van der Waals surface area contributed by atoms with Gasteiger partial charge in [-0.2, -0.15) is 0 Å². The Balaban J connectivity index is 1.64. The van der Waals surface area contributed by atoms with E-state index in [1.54, 1.807) is 37.3 Å². The van der Waals surface area contributed by atoms with Gasteiger partial charge in [-0.25, -0.2) is 4.79 Å². The Morgan fingerprint density at radius 1 is 0.844 bits per heavy atom. The molecule has 0 saturated heterocycles. The summed E-state index contributed by atoms with van der Waals surface area (Å²) >= 11 is 0. The third kappa shape index (κ3) is 5.95. The highest BCUT2D eigenvalue weighted by atomic mass is 16.7. The number of aryl methyl sites for hydroxylation is 1. The normalized spacial score (nSPS) is 10.2. The molecule has 3 rings (SSSR count). The van der Waals surface area contributed by atoms with Crippen LogP contribution in [0.1, 0.15) is 38.8 Å². The van der Waals surface area contributed by atoms with Crippen molar-refractivity contribution < 1.29 is 23.9 Å². The number of rotatable bonds is 7. The summed E-state index contributed by atoms with van der Waals surface area (Å²) in [5.41, 5.74) is 3.25. The van der Waals surface area contributed by atoms with E-state index in [-0.39, 0.29) is 30.7 Å². The molecule has 0 bridgehead atoms. The topological polar surface area (TPSA) is 93.7 Å². The first-order valence-corrected chi connectivity index (χ1v) is 10.2. The molecular weight excluding hydrogens is 408 g/mol. The van der Waals surface area contributed by atoms with E-state index in [0.29, 0.717) is 16.8 Å². The molecule has 2 N–H and O–H groups in total. The molecule has 0 spiro atoms. The molecule has 0 heterocycles. The summed E-state index contributed by atoms with van der Waals surface area (Å²) in [5, 5.41) is 5.75. The number of amides is 2. The second-order valence-electron chi connectivity index (χ2n) is 6.92. The van der Waals surface area contributed by atoms with Crippen LogP contribution in [0.5, 0.6) is 5.75 Å². The van der Waals surface area contributed by atoms with Crippen LogP contribution < -0.4 is 15.4 Å². The maximum Gasteiger partial charge on any atom is 0.513 e. The molecule has 0 fully saturated rings. The maximum atomic E-state index is 12.7. The molecule has 0 aromatic heterocycles. The van der Waals surface area contributed by atoms with Crippen LogP contribution in [-0.4, -0.2) is 24.6 Å². The predicted octanol–water partition coefficient (Wildman–Crippen LogP) is 4.71. The molecule has 0 aliphatic carbocycles. The summed E-state index contributed by atoms with van der Waals surface area (Å²) < 4.78 is 9.71. The van der Waals surface area contributed by atoms with Gasteiger partial charge in [0, 0.05) is 23.4 Å². The molecule has 0 radical (unpaired) electrons. The highest BCUT2D eigenvalue weighted by Gasteiger charge is 2.12. The fourth-order valence-corrected chi connectivity index (χ4v) is 3.01. The van der Waals surface area contributed by atoms with E-state index >= 15 is 0 Å². The van der Waals surface area contributed by atoms with Crippen LogP contribution in [-0.2, 0) is 11.3 Å². The molecule has 7 nitrogen and oxygen atoms in total. The maximum absolute atomic E-state index is 12.7. The molecule has 0 atom stereocenters. The van der Waals surface area contributed by atoms with Gasteiger partial charge in [-0.1, -0.05) is 36.4 Å². The summed E-state index contributed by atoms with van der Waals surface area (Å²) in [6.45, 7) is 4.03. The standard InChI is InChI=1S/C25H24N2O5/c1-3-31-25(30)32-20-14-12-18(13-15-20)23(28)27-22-11-7-5-9-19(22)16-26-24(29)21-10-6-4-8-17(21)2/h4-15H,3,16H2,1-2H3,(H,26,29)(H,27,28). The van der Waals surface area contributed by atoms with Crippen LogP contribution >= 0.6 is 0 Å². The van der Waals surface area contributed by atoms with Crippen molar-refractivity contribution in [2.75, 3.05) is 11.9 Å². The zero-order valence-corrected chi connectivity index (χ0v) is 17.9. The van der Waals surface area contributed by atoms with E-state index in [4.69, 9.17) is 9.47 Å². The predicted molar refractivity (Wildman–Crippen MR) is 121 cm³/mol. The third-order valence-corrected chi connectivity index (χ3v) is 4.67. The van der Waals surface area contributed by atoms with Crippen LogP contribution in [0.3, 0.4) is 0 Å². The van der Waals surface area contributed by atoms with Gasteiger partial charge in [0.25, 0.3) is 11.8 Å². The van der Waals surface area contributed by atoms with Gasteiger partial charge in [0.05, 0.1) is 6.61 Å². The second kappa shape index (κ2) is 10.8. The van der Waals surface area contributed by atoms with Crippen molar-refractivity contribution >= 4 is 23.7 Å². The van der Waals surface area contributed by atoms with Crippen molar-refractivity contribution in [3.8, 4) is 5.75 Å². The number of carbonyl (C=O) groups is 3. The first kappa shape index (κ1) is 22.6. The lowest BCUT2D eigenvalue weighted by Gasteiger charge is -2.13. The van der Waals surface area contributed by atoms with Crippen molar-refractivity contribution in [1.29, 1.82) is 0 Å². The van der Waals surface area contributed by atoms with Gasteiger partial charge in [0.15, 0.2) is 0 Å². The molecule has 2 amide bonds. The second-order valence-corrected chi connectivity index (χ2v) is 6.92.